The standard InChI is InChI=1S/C16H25FN6O2/c1-11(17)7-15(24)22-8-14(9-22)13-3-5-21(6-4-13)16(25)12(2)23-10-18-19-20-23/h10-14H,3-9H2,1-2H3/t11-,12-/m0/s1. The lowest BCUT2D eigenvalue weighted by Crippen LogP contribution is -2.55. The van der Waals surface area contributed by atoms with Crippen LogP contribution in [-0.2, 0) is 9.59 Å². The molecular weight excluding hydrogens is 327 g/mol. The van der Waals surface area contributed by atoms with Crippen molar-refractivity contribution in [2.45, 2.75) is 45.3 Å². The van der Waals surface area contributed by atoms with Crippen molar-refractivity contribution in [2.75, 3.05) is 26.2 Å². The largest absolute Gasteiger partial charge is 0.342 e. The molecule has 2 fully saturated rings. The van der Waals surface area contributed by atoms with Crippen molar-refractivity contribution in [2.24, 2.45) is 11.8 Å². The van der Waals surface area contributed by atoms with E-state index in [0.29, 0.717) is 11.8 Å². The van der Waals surface area contributed by atoms with E-state index in [-0.39, 0.29) is 18.2 Å². The number of likely N-dealkylation sites (tertiary alicyclic amines) is 2. The highest BCUT2D eigenvalue weighted by atomic mass is 19.1. The molecule has 0 bridgehead atoms. The van der Waals surface area contributed by atoms with Crippen LogP contribution in [0.5, 0.6) is 0 Å². The minimum atomic E-state index is -1.08. The number of aromatic nitrogens is 4. The molecule has 0 saturated carbocycles. The van der Waals surface area contributed by atoms with Crippen LogP contribution < -0.4 is 0 Å². The van der Waals surface area contributed by atoms with E-state index in [0.717, 1.165) is 39.0 Å². The van der Waals surface area contributed by atoms with Gasteiger partial charge >= 0.3 is 0 Å². The molecule has 2 saturated heterocycles. The number of amides is 2. The third-order valence-corrected chi connectivity index (χ3v) is 5.36. The van der Waals surface area contributed by atoms with E-state index in [4.69, 9.17) is 0 Å². The van der Waals surface area contributed by atoms with Crippen LogP contribution in [0.4, 0.5) is 4.39 Å². The molecule has 2 amide bonds. The molecule has 2 aliphatic rings. The zero-order valence-electron chi connectivity index (χ0n) is 14.7. The number of carbonyl (C=O) groups excluding carboxylic acids is 2. The van der Waals surface area contributed by atoms with E-state index in [9.17, 15) is 14.0 Å². The maximum Gasteiger partial charge on any atom is 0.247 e. The van der Waals surface area contributed by atoms with Crippen LogP contribution in [0, 0.1) is 11.8 Å². The molecule has 2 aliphatic heterocycles. The van der Waals surface area contributed by atoms with Gasteiger partial charge in [-0.25, -0.2) is 9.07 Å². The Labute approximate surface area is 146 Å². The molecule has 3 heterocycles. The number of rotatable bonds is 5. The fourth-order valence-electron chi connectivity index (χ4n) is 3.70. The minimum Gasteiger partial charge on any atom is -0.342 e. The SMILES string of the molecule is C[C@H](F)CC(=O)N1CC(C2CCN(C(=O)[C@H](C)n3cnnn3)CC2)C1. The van der Waals surface area contributed by atoms with Crippen LogP contribution >= 0.6 is 0 Å². The molecule has 0 radical (unpaired) electrons. The summed E-state index contributed by atoms with van der Waals surface area (Å²) in [5.41, 5.74) is 0. The summed E-state index contributed by atoms with van der Waals surface area (Å²) in [6.45, 7) is 6.12. The van der Waals surface area contributed by atoms with Crippen molar-refractivity contribution in [3.05, 3.63) is 6.33 Å². The van der Waals surface area contributed by atoms with Crippen LogP contribution in [0.25, 0.3) is 0 Å². The first-order valence-corrected chi connectivity index (χ1v) is 8.88. The molecule has 8 nitrogen and oxygen atoms in total. The molecule has 1 aromatic rings. The van der Waals surface area contributed by atoms with E-state index in [1.165, 1.54) is 17.9 Å². The van der Waals surface area contributed by atoms with E-state index in [1.54, 1.807) is 11.8 Å². The molecule has 0 N–H and O–H groups in total. The normalized spacial score (nSPS) is 21.7. The van der Waals surface area contributed by atoms with Gasteiger partial charge in [-0.05, 0) is 49.0 Å². The Morgan fingerprint density at radius 2 is 1.84 bits per heavy atom. The first kappa shape index (κ1) is 17.8. The molecule has 2 atom stereocenters. The zero-order chi connectivity index (χ0) is 18.0. The third-order valence-electron chi connectivity index (χ3n) is 5.36. The summed E-state index contributed by atoms with van der Waals surface area (Å²) in [5.74, 6) is 0.953. The second-order valence-electron chi connectivity index (χ2n) is 7.17. The number of halogens is 1. The Morgan fingerprint density at radius 3 is 2.40 bits per heavy atom. The van der Waals surface area contributed by atoms with Gasteiger partial charge in [-0.3, -0.25) is 9.59 Å². The van der Waals surface area contributed by atoms with Gasteiger partial charge in [-0.1, -0.05) is 0 Å². The fraction of sp³-hybridized carbons (Fsp3) is 0.812. The first-order valence-electron chi connectivity index (χ1n) is 8.88. The van der Waals surface area contributed by atoms with Gasteiger partial charge in [0.05, 0.1) is 6.42 Å². The lowest BCUT2D eigenvalue weighted by Gasteiger charge is -2.46. The molecule has 0 unspecified atom stereocenters. The topological polar surface area (TPSA) is 84.2 Å². The minimum absolute atomic E-state index is 0.0191. The molecule has 9 heteroatoms. The molecule has 25 heavy (non-hydrogen) atoms. The van der Waals surface area contributed by atoms with Gasteiger partial charge in [0.15, 0.2) is 0 Å². The van der Waals surface area contributed by atoms with E-state index >= 15 is 0 Å². The van der Waals surface area contributed by atoms with Crippen molar-refractivity contribution in [3.63, 3.8) is 0 Å². The molecular formula is C16H25FN6O2. The van der Waals surface area contributed by atoms with Gasteiger partial charge in [0, 0.05) is 26.2 Å². The van der Waals surface area contributed by atoms with Crippen LogP contribution in [0.1, 0.15) is 39.2 Å². The van der Waals surface area contributed by atoms with Gasteiger partial charge in [-0.15, -0.1) is 5.10 Å². The van der Waals surface area contributed by atoms with Crippen molar-refractivity contribution < 1.29 is 14.0 Å². The molecule has 1 aromatic heterocycles. The Bertz CT molecular complexity index is 594. The second-order valence-corrected chi connectivity index (χ2v) is 7.17. The van der Waals surface area contributed by atoms with Gasteiger partial charge in [0.1, 0.15) is 18.5 Å². The summed E-state index contributed by atoms with van der Waals surface area (Å²) in [5, 5.41) is 10.9. The lowest BCUT2D eigenvalue weighted by atomic mass is 9.79. The Hall–Kier alpha value is -2.06. The van der Waals surface area contributed by atoms with Crippen molar-refractivity contribution in [1.29, 1.82) is 0 Å². The predicted octanol–water partition coefficient (Wildman–Crippen LogP) is 0.679. The quantitative estimate of drug-likeness (QED) is 0.778. The highest BCUT2D eigenvalue weighted by Gasteiger charge is 2.38. The number of hydrogen-bond acceptors (Lipinski definition) is 5. The van der Waals surface area contributed by atoms with E-state index in [2.05, 4.69) is 15.5 Å². The number of piperidine rings is 1. The highest BCUT2D eigenvalue weighted by molar-refractivity contribution is 5.80. The van der Waals surface area contributed by atoms with Crippen LogP contribution in [0.15, 0.2) is 6.33 Å². The van der Waals surface area contributed by atoms with Crippen LogP contribution in [0.2, 0.25) is 0 Å². The fourth-order valence-corrected chi connectivity index (χ4v) is 3.70. The average molecular weight is 352 g/mol. The summed E-state index contributed by atoms with van der Waals surface area (Å²) in [7, 11) is 0. The van der Waals surface area contributed by atoms with Crippen LogP contribution in [0.3, 0.4) is 0 Å². The summed E-state index contributed by atoms with van der Waals surface area (Å²) < 4.78 is 14.4. The van der Waals surface area contributed by atoms with Crippen molar-refractivity contribution in [3.8, 4) is 0 Å². The molecule has 0 aromatic carbocycles. The summed E-state index contributed by atoms with van der Waals surface area (Å²) in [4.78, 5) is 27.9. The number of hydrogen-bond donors (Lipinski definition) is 0. The predicted molar refractivity (Wildman–Crippen MR) is 87.1 cm³/mol. The highest BCUT2D eigenvalue weighted by Crippen LogP contribution is 2.32. The Kier molecular flexibility index (Phi) is 5.29. The van der Waals surface area contributed by atoms with Gasteiger partial charge in [-0.2, -0.15) is 0 Å². The monoisotopic (exact) mass is 352 g/mol. The van der Waals surface area contributed by atoms with Crippen molar-refractivity contribution >= 4 is 11.8 Å². The molecule has 0 aliphatic carbocycles. The molecule has 0 spiro atoms. The lowest BCUT2D eigenvalue weighted by molar-refractivity contribution is -0.141. The number of carbonyl (C=O) groups is 2. The van der Waals surface area contributed by atoms with Gasteiger partial charge in [0.2, 0.25) is 11.8 Å². The summed E-state index contributed by atoms with van der Waals surface area (Å²) >= 11 is 0. The van der Waals surface area contributed by atoms with Gasteiger partial charge in [0.25, 0.3) is 0 Å². The molecule has 3 rings (SSSR count). The number of alkyl halides is 1. The number of tetrazole rings is 1. The Balaban J connectivity index is 1.42. The van der Waals surface area contributed by atoms with Gasteiger partial charge < -0.3 is 9.80 Å². The summed E-state index contributed by atoms with van der Waals surface area (Å²) in [6.07, 6.45) is 2.24. The second kappa shape index (κ2) is 7.45. The van der Waals surface area contributed by atoms with Crippen LogP contribution in [-0.4, -0.2) is 74.2 Å². The van der Waals surface area contributed by atoms with E-state index < -0.39 is 12.2 Å². The van der Waals surface area contributed by atoms with Crippen molar-refractivity contribution in [1.82, 2.24) is 30.0 Å². The summed E-state index contributed by atoms with van der Waals surface area (Å²) in [6, 6.07) is -0.397. The average Bonchev–Trinajstić information content (AvgIpc) is 3.06. The zero-order valence-corrected chi connectivity index (χ0v) is 14.7. The smallest absolute Gasteiger partial charge is 0.247 e. The maximum atomic E-state index is 12.9. The Morgan fingerprint density at radius 1 is 1.16 bits per heavy atom. The molecule has 138 valence electrons. The first-order chi connectivity index (χ1) is 12.0. The van der Waals surface area contributed by atoms with E-state index in [1.807, 2.05) is 4.90 Å². The maximum absolute atomic E-state index is 12.9. The number of nitrogens with zero attached hydrogens (tertiary/aromatic N) is 6. The third kappa shape index (κ3) is 3.96.